The van der Waals surface area contributed by atoms with E-state index in [-0.39, 0.29) is 5.82 Å². The number of hydrogen-bond acceptors (Lipinski definition) is 1. The molecule has 1 saturated carbocycles. The molecule has 1 nitrogen and oxygen atoms in total. The first-order valence-corrected chi connectivity index (χ1v) is 7.68. The summed E-state index contributed by atoms with van der Waals surface area (Å²) in [6.45, 7) is 3.03. The Kier molecular flexibility index (Phi) is 5.19. The van der Waals surface area contributed by atoms with Crippen molar-refractivity contribution in [1.82, 2.24) is 5.32 Å². The van der Waals surface area contributed by atoms with Crippen LogP contribution in [0.5, 0.6) is 0 Å². The van der Waals surface area contributed by atoms with E-state index in [1.54, 1.807) is 6.07 Å². The molecule has 1 aliphatic rings. The topological polar surface area (TPSA) is 12.0 Å². The minimum absolute atomic E-state index is 0.165. The van der Waals surface area contributed by atoms with Gasteiger partial charge in [-0.3, -0.25) is 0 Å². The molecule has 0 aromatic heterocycles. The van der Waals surface area contributed by atoms with E-state index in [9.17, 15) is 4.39 Å². The van der Waals surface area contributed by atoms with Crippen molar-refractivity contribution >= 4 is 15.9 Å². The molecule has 0 aliphatic heterocycles. The van der Waals surface area contributed by atoms with Crippen LogP contribution < -0.4 is 5.32 Å². The number of nitrogens with one attached hydrogen (secondary N) is 1. The van der Waals surface area contributed by atoms with E-state index in [1.807, 2.05) is 12.1 Å². The van der Waals surface area contributed by atoms with Gasteiger partial charge in [0.25, 0.3) is 0 Å². The third-order valence-corrected chi connectivity index (χ3v) is 4.48. The minimum Gasteiger partial charge on any atom is -0.310 e. The average Bonchev–Trinajstić information content (AvgIpc) is 2.85. The van der Waals surface area contributed by atoms with Crippen molar-refractivity contribution < 1.29 is 4.39 Å². The Hall–Kier alpha value is -0.410. The van der Waals surface area contributed by atoms with Gasteiger partial charge in [-0.05, 0) is 52.5 Å². The number of halogens is 2. The molecule has 0 spiro atoms. The first-order valence-electron chi connectivity index (χ1n) is 6.89. The number of rotatable bonds is 5. The van der Waals surface area contributed by atoms with Crippen LogP contribution in [0, 0.1) is 11.7 Å². The third-order valence-electron chi connectivity index (χ3n) is 3.84. The van der Waals surface area contributed by atoms with Gasteiger partial charge in [-0.2, -0.15) is 0 Å². The smallest absolute Gasteiger partial charge is 0.137 e. The molecule has 1 N–H and O–H groups in total. The summed E-state index contributed by atoms with van der Waals surface area (Å²) in [5.41, 5.74) is 1.07. The molecular weight excluding hydrogens is 293 g/mol. The molecule has 1 aromatic rings. The molecule has 100 valence electrons. The highest BCUT2D eigenvalue weighted by Crippen LogP contribution is 2.33. The molecule has 0 bridgehead atoms. The molecule has 1 unspecified atom stereocenters. The number of benzene rings is 1. The second-order valence-corrected chi connectivity index (χ2v) is 6.02. The second-order valence-electron chi connectivity index (χ2n) is 5.17. The highest BCUT2D eigenvalue weighted by atomic mass is 79.9. The van der Waals surface area contributed by atoms with Gasteiger partial charge in [0.05, 0.1) is 4.47 Å². The molecule has 1 aromatic carbocycles. The van der Waals surface area contributed by atoms with Crippen molar-refractivity contribution in [2.75, 3.05) is 6.54 Å². The maximum Gasteiger partial charge on any atom is 0.137 e. The molecule has 2 rings (SSSR count). The molecule has 3 heteroatoms. The molecule has 0 heterocycles. The lowest BCUT2D eigenvalue weighted by molar-refractivity contribution is 0.399. The zero-order chi connectivity index (χ0) is 13.0. The third kappa shape index (κ3) is 3.55. The SMILES string of the molecule is CCNC(CC1CCCC1)c1ccc(Br)c(F)c1. The maximum absolute atomic E-state index is 13.6. The monoisotopic (exact) mass is 313 g/mol. The second kappa shape index (κ2) is 6.67. The molecule has 1 fully saturated rings. The fourth-order valence-electron chi connectivity index (χ4n) is 2.89. The zero-order valence-corrected chi connectivity index (χ0v) is 12.5. The van der Waals surface area contributed by atoms with E-state index in [0.29, 0.717) is 10.5 Å². The van der Waals surface area contributed by atoms with E-state index in [1.165, 1.54) is 25.7 Å². The van der Waals surface area contributed by atoms with Crippen molar-refractivity contribution in [2.45, 2.75) is 45.1 Å². The predicted octanol–water partition coefficient (Wildman–Crippen LogP) is 4.82. The van der Waals surface area contributed by atoms with Gasteiger partial charge >= 0.3 is 0 Å². The van der Waals surface area contributed by atoms with Crippen molar-refractivity contribution in [3.05, 3.63) is 34.1 Å². The Balaban J connectivity index is 2.09. The summed E-state index contributed by atoms with van der Waals surface area (Å²) in [5, 5.41) is 3.49. The van der Waals surface area contributed by atoms with Gasteiger partial charge in [0, 0.05) is 6.04 Å². The molecule has 0 radical (unpaired) electrons. The maximum atomic E-state index is 13.6. The summed E-state index contributed by atoms with van der Waals surface area (Å²) in [5.74, 6) is 0.641. The van der Waals surface area contributed by atoms with Crippen molar-refractivity contribution in [1.29, 1.82) is 0 Å². The van der Waals surface area contributed by atoms with Crippen LogP contribution in [0.3, 0.4) is 0 Å². The Bertz CT molecular complexity index is 388. The molecular formula is C15H21BrFN. The van der Waals surface area contributed by atoms with Crippen LogP contribution in [0.2, 0.25) is 0 Å². The van der Waals surface area contributed by atoms with Crippen LogP contribution in [0.1, 0.15) is 50.6 Å². The highest BCUT2D eigenvalue weighted by molar-refractivity contribution is 9.10. The highest BCUT2D eigenvalue weighted by Gasteiger charge is 2.21. The Morgan fingerprint density at radius 1 is 1.39 bits per heavy atom. The molecule has 0 saturated heterocycles. The van der Waals surface area contributed by atoms with Gasteiger partial charge in [0.2, 0.25) is 0 Å². The van der Waals surface area contributed by atoms with Crippen LogP contribution in [0.4, 0.5) is 4.39 Å². The average molecular weight is 314 g/mol. The van der Waals surface area contributed by atoms with E-state index in [4.69, 9.17) is 0 Å². The lowest BCUT2D eigenvalue weighted by Gasteiger charge is -2.22. The van der Waals surface area contributed by atoms with Gasteiger partial charge in [-0.15, -0.1) is 0 Å². The standard InChI is InChI=1S/C15H21BrFN/c1-2-18-15(9-11-5-3-4-6-11)12-7-8-13(16)14(17)10-12/h7-8,10-11,15,18H,2-6,9H2,1H3. The Morgan fingerprint density at radius 3 is 2.72 bits per heavy atom. The Labute approximate surface area is 117 Å². The van der Waals surface area contributed by atoms with E-state index in [2.05, 4.69) is 28.2 Å². The normalized spacial score (nSPS) is 18.2. The zero-order valence-electron chi connectivity index (χ0n) is 10.9. The Morgan fingerprint density at radius 2 is 2.11 bits per heavy atom. The van der Waals surface area contributed by atoms with E-state index in [0.717, 1.165) is 24.4 Å². The van der Waals surface area contributed by atoms with E-state index >= 15 is 0 Å². The molecule has 1 aliphatic carbocycles. The van der Waals surface area contributed by atoms with Crippen LogP contribution >= 0.6 is 15.9 Å². The predicted molar refractivity (Wildman–Crippen MR) is 77.1 cm³/mol. The largest absolute Gasteiger partial charge is 0.310 e. The summed E-state index contributed by atoms with van der Waals surface area (Å²) < 4.78 is 14.2. The van der Waals surface area contributed by atoms with Crippen molar-refractivity contribution in [3.8, 4) is 0 Å². The first-order chi connectivity index (χ1) is 8.70. The summed E-state index contributed by atoms with van der Waals surface area (Å²) in [4.78, 5) is 0. The number of hydrogen-bond donors (Lipinski definition) is 1. The van der Waals surface area contributed by atoms with Gasteiger partial charge in [0.15, 0.2) is 0 Å². The summed E-state index contributed by atoms with van der Waals surface area (Å²) in [6.07, 6.45) is 6.52. The quantitative estimate of drug-likeness (QED) is 0.821. The molecule has 1 atom stereocenters. The van der Waals surface area contributed by atoms with Crippen molar-refractivity contribution in [2.24, 2.45) is 5.92 Å². The first kappa shape index (κ1) is 14.0. The lowest BCUT2D eigenvalue weighted by atomic mass is 9.93. The van der Waals surface area contributed by atoms with Gasteiger partial charge in [-0.25, -0.2) is 4.39 Å². The van der Waals surface area contributed by atoms with Gasteiger partial charge < -0.3 is 5.32 Å². The fraction of sp³-hybridized carbons (Fsp3) is 0.600. The van der Waals surface area contributed by atoms with Gasteiger partial charge in [0.1, 0.15) is 5.82 Å². The molecule has 0 amide bonds. The van der Waals surface area contributed by atoms with E-state index < -0.39 is 0 Å². The molecule has 18 heavy (non-hydrogen) atoms. The van der Waals surface area contributed by atoms with Crippen molar-refractivity contribution in [3.63, 3.8) is 0 Å². The summed E-state index contributed by atoms with van der Waals surface area (Å²) >= 11 is 3.21. The van der Waals surface area contributed by atoms with Crippen LogP contribution in [-0.4, -0.2) is 6.54 Å². The van der Waals surface area contributed by atoms with Crippen LogP contribution in [0.25, 0.3) is 0 Å². The van der Waals surface area contributed by atoms with Gasteiger partial charge in [-0.1, -0.05) is 38.7 Å². The van der Waals surface area contributed by atoms with Crippen LogP contribution in [0.15, 0.2) is 22.7 Å². The lowest BCUT2D eigenvalue weighted by Crippen LogP contribution is -2.23. The fourth-order valence-corrected chi connectivity index (χ4v) is 3.14. The summed E-state index contributed by atoms with van der Waals surface area (Å²) in [7, 11) is 0. The van der Waals surface area contributed by atoms with Crippen LogP contribution in [-0.2, 0) is 0 Å². The summed E-state index contributed by atoms with van der Waals surface area (Å²) in [6, 6.07) is 5.78. The minimum atomic E-state index is -0.165.